The van der Waals surface area contributed by atoms with Crippen LogP contribution in [0.25, 0.3) is 0 Å². The van der Waals surface area contributed by atoms with Crippen LogP contribution in [0.3, 0.4) is 0 Å². The Morgan fingerprint density at radius 1 is 1.42 bits per heavy atom. The number of hydrogen-bond acceptors (Lipinski definition) is 2. The van der Waals surface area contributed by atoms with Crippen molar-refractivity contribution in [2.24, 2.45) is 5.92 Å². The monoisotopic (exact) mass is 346 g/mol. The highest BCUT2D eigenvalue weighted by molar-refractivity contribution is 9.10. The second-order valence-corrected chi connectivity index (χ2v) is 5.78. The van der Waals surface area contributed by atoms with Gasteiger partial charge in [0.1, 0.15) is 0 Å². The molecular weight excluding hydrogens is 328 g/mol. The van der Waals surface area contributed by atoms with E-state index in [0.29, 0.717) is 6.54 Å². The molecule has 0 aromatic heterocycles. The molecule has 1 saturated heterocycles. The molecule has 106 valence electrons. The number of amides is 1. The normalized spacial score (nSPS) is 18.5. The molecule has 0 spiro atoms. The maximum Gasteiger partial charge on any atom is 0.227 e. The standard InChI is InChI=1S/C14H19BrN2O.ClH/c1-17(10-11-4-6-13(15)7-5-11)14(18)12-3-2-8-16-9-12;/h4-7,12,16H,2-3,8-10H2,1H3;1H. The fourth-order valence-electron chi connectivity index (χ4n) is 2.32. The molecule has 5 heteroatoms. The maximum atomic E-state index is 12.2. The summed E-state index contributed by atoms with van der Waals surface area (Å²) in [5, 5.41) is 3.29. The third-order valence-corrected chi connectivity index (χ3v) is 3.88. The van der Waals surface area contributed by atoms with Crippen LogP contribution in [0.2, 0.25) is 0 Å². The highest BCUT2D eigenvalue weighted by Crippen LogP contribution is 2.16. The van der Waals surface area contributed by atoms with Gasteiger partial charge in [-0.1, -0.05) is 28.1 Å². The predicted octanol–water partition coefficient (Wildman–Crippen LogP) is 2.83. The molecule has 1 amide bonds. The number of hydrogen-bond donors (Lipinski definition) is 1. The van der Waals surface area contributed by atoms with Crippen molar-refractivity contribution in [2.45, 2.75) is 19.4 Å². The minimum absolute atomic E-state index is 0. The number of carbonyl (C=O) groups is 1. The lowest BCUT2D eigenvalue weighted by Crippen LogP contribution is -2.41. The van der Waals surface area contributed by atoms with Gasteiger partial charge in [0.05, 0.1) is 5.92 Å². The van der Waals surface area contributed by atoms with E-state index in [-0.39, 0.29) is 24.2 Å². The zero-order valence-corrected chi connectivity index (χ0v) is 13.5. The number of rotatable bonds is 3. The smallest absolute Gasteiger partial charge is 0.227 e. The summed E-state index contributed by atoms with van der Waals surface area (Å²) in [5.74, 6) is 0.407. The Balaban J connectivity index is 0.00000180. The fraction of sp³-hybridized carbons (Fsp3) is 0.500. The Labute approximate surface area is 129 Å². The molecular formula is C14H20BrClN2O. The average Bonchev–Trinajstić information content (AvgIpc) is 2.41. The fourth-order valence-corrected chi connectivity index (χ4v) is 2.58. The van der Waals surface area contributed by atoms with E-state index in [2.05, 4.69) is 21.2 Å². The van der Waals surface area contributed by atoms with Crippen molar-refractivity contribution >= 4 is 34.2 Å². The Hall–Kier alpha value is -0.580. The molecule has 1 aromatic carbocycles. The quantitative estimate of drug-likeness (QED) is 0.912. The third-order valence-electron chi connectivity index (χ3n) is 3.36. The number of nitrogens with one attached hydrogen (secondary N) is 1. The molecule has 1 fully saturated rings. The van der Waals surface area contributed by atoms with E-state index in [4.69, 9.17) is 0 Å². The lowest BCUT2D eigenvalue weighted by molar-refractivity contribution is -0.135. The minimum Gasteiger partial charge on any atom is -0.341 e. The zero-order valence-electron chi connectivity index (χ0n) is 11.1. The van der Waals surface area contributed by atoms with Crippen LogP contribution in [0.4, 0.5) is 0 Å². The molecule has 0 bridgehead atoms. The van der Waals surface area contributed by atoms with Gasteiger partial charge >= 0.3 is 0 Å². The van der Waals surface area contributed by atoms with Crippen LogP contribution < -0.4 is 5.32 Å². The van der Waals surface area contributed by atoms with Crippen molar-refractivity contribution in [2.75, 3.05) is 20.1 Å². The second kappa shape index (κ2) is 7.88. The summed E-state index contributed by atoms with van der Waals surface area (Å²) < 4.78 is 1.07. The molecule has 1 aromatic rings. The van der Waals surface area contributed by atoms with Crippen molar-refractivity contribution in [1.29, 1.82) is 0 Å². The number of nitrogens with zero attached hydrogens (tertiary/aromatic N) is 1. The van der Waals surface area contributed by atoms with Gasteiger partial charge in [-0.3, -0.25) is 4.79 Å². The first-order valence-corrected chi connectivity index (χ1v) is 7.16. The van der Waals surface area contributed by atoms with Crippen LogP contribution in [0, 0.1) is 5.92 Å². The highest BCUT2D eigenvalue weighted by Gasteiger charge is 2.23. The first-order valence-electron chi connectivity index (χ1n) is 6.37. The summed E-state index contributed by atoms with van der Waals surface area (Å²) in [6.07, 6.45) is 2.11. The predicted molar refractivity (Wildman–Crippen MR) is 83.5 cm³/mol. The van der Waals surface area contributed by atoms with E-state index in [1.54, 1.807) is 0 Å². The summed E-state index contributed by atoms with van der Waals surface area (Å²) >= 11 is 3.41. The van der Waals surface area contributed by atoms with Gasteiger partial charge in [0.2, 0.25) is 5.91 Å². The van der Waals surface area contributed by atoms with Crippen LogP contribution in [-0.2, 0) is 11.3 Å². The summed E-state index contributed by atoms with van der Waals surface area (Å²) in [5.41, 5.74) is 1.16. The summed E-state index contributed by atoms with van der Waals surface area (Å²) in [6, 6.07) is 8.12. The number of benzene rings is 1. The molecule has 1 aliphatic rings. The lowest BCUT2D eigenvalue weighted by atomic mass is 9.98. The van der Waals surface area contributed by atoms with Crippen molar-refractivity contribution in [3.8, 4) is 0 Å². The van der Waals surface area contributed by atoms with Gasteiger partial charge in [-0.05, 0) is 37.1 Å². The van der Waals surface area contributed by atoms with Gasteiger partial charge in [0.25, 0.3) is 0 Å². The molecule has 3 nitrogen and oxygen atoms in total. The zero-order chi connectivity index (χ0) is 13.0. The van der Waals surface area contributed by atoms with Gasteiger partial charge in [0.15, 0.2) is 0 Å². The van der Waals surface area contributed by atoms with Crippen molar-refractivity contribution in [3.05, 3.63) is 34.3 Å². The molecule has 0 radical (unpaired) electrons. The largest absolute Gasteiger partial charge is 0.341 e. The Kier molecular flexibility index (Phi) is 6.83. The molecule has 19 heavy (non-hydrogen) atoms. The minimum atomic E-state index is 0. The van der Waals surface area contributed by atoms with E-state index in [1.807, 2.05) is 36.2 Å². The summed E-state index contributed by atoms with van der Waals surface area (Å²) in [4.78, 5) is 14.1. The Morgan fingerprint density at radius 3 is 2.68 bits per heavy atom. The Morgan fingerprint density at radius 2 is 2.11 bits per heavy atom. The van der Waals surface area contributed by atoms with Crippen LogP contribution >= 0.6 is 28.3 Å². The number of carbonyl (C=O) groups excluding carboxylic acids is 1. The summed E-state index contributed by atoms with van der Waals surface area (Å²) in [7, 11) is 1.89. The van der Waals surface area contributed by atoms with E-state index >= 15 is 0 Å². The molecule has 2 rings (SSSR count). The molecule has 1 aliphatic heterocycles. The molecule has 0 aliphatic carbocycles. The number of piperidine rings is 1. The van der Waals surface area contributed by atoms with E-state index in [1.165, 1.54) is 0 Å². The van der Waals surface area contributed by atoms with Crippen LogP contribution in [0.1, 0.15) is 18.4 Å². The first kappa shape index (κ1) is 16.5. The van der Waals surface area contributed by atoms with Gasteiger partial charge in [-0.15, -0.1) is 12.4 Å². The molecule has 1 atom stereocenters. The van der Waals surface area contributed by atoms with Crippen molar-refractivity contribution in [1.82, 2.24) is 10.2 Å². The molecule has 1 unspecified atom stereocenters. The maximum absolute atomic E-state index is 12.2. The van der Waals surface area contributed by atoms with Crippen LogP contribution in [0.15, 0.2) is 28.7 Å². The third kappa shape index (κ3) is 4.79. The van der Waals surface area contributed by atoms with E-state index < -0.39 is 0 Å². The summed E-state index contributed by atoms with van der Waals surface area (Å²) in [6.45, 7) is 2.55. The van der Waals surface area contributed by atoms with Crippen molar-refractivity contribution in [3.63, 3.8) is 0 Å². The van der Waals surface area contributed by atoms with Gasteiger partial charge in [0, 0.05) is 24.6 Å². The van der Waals surface area contributed by atoms with Gasteiger partial charge in [-0.2, -0.15) is 0 Å². The average molecular weight is 348 g/mol. The van der Waals surface area contributed by atoms with E-state index in [0.717, 1.165) is 36.0 Å². The Bertz CT molecular complexity index is 404. The van der Waals surface area contributed by atoms with Gasteiger partial charge in [-0.25, -0.2) is 0 Å². The van der Waals surface area contributed by atoms with Crippen LogP contribution in [-0.4, -0.2) is 30.9 Å². The molecule has 1 N–H and O–H groups in total. The second-order valence-electron chi connectivity index (χ2n) is 4.86. The van der Waals surface area contributed by atoms with E-state index in [9.17, 15) is 4.79 Å². The lowest BCUT2D eigenvalue weighted by Gasteiger charge is -2.27. The SMILES string of the molecule is CN(Cc1ccc(Br)cc1)C(=O)C1CCCNC1.Cl. The molecule has 0 saturated carbocycles. The highest BCUT2D eigenvalue weighted by atomic mass is 79.9. The molecule has 1 heterocycles. The van der Waals surface area contributed by atoms with Crippen molar-refractivity contribution < 1.29 is 4.79 Å². The van der Waals surface area contributed by atoms with Gasteiger partial charge < -0.3 is 10.2 Å². The number of halogens is 2. The first-order chi connectivity index (χ1) is 8.66. The van der Waals surface area contributed by atoms with Crippen LogP contribution in [0.5, 0.6) is 0 Å². The topological polar surface area (TPSA) is 32.3 Å².